The molecule has 0 aromatic heterocycles. The van der Waals surface area contributed by atoms with Crippen LogP contribution in [-0.2, 0) is 11.3 Å². The minimum absolute atomic E-state index is 0. The number of para-hydroxylation sites is 1. The molecule has 112 valence electrons. The average molecular weight is 301 g/mol. The van der Waals surface area contributed by atoms with Crippen molar-refractivity contribution in [1.29, 1.82) is 0 Å². The molecule has 1 fully saturated rings. The van der Waals surface area contributed by atoms with Gasteiger partial charge >= 0.3 is 0 Å². The minimum atomic E-state index is -0.0643. The summed E-state index contributed by atoms with van der Waals surface area (Å²) >= 11 is 0. The van der Waals surface area contributed by atoms with Gasteiger partial charge in [0.1, 0.15) is 12.4 Å². The fourth-order valence-electron chi connectivity index (χ4n) is 2.16. The van der Waals surface area contributed by atoms with Crippen molar-refractivity contribution in [2.45, 2.75) is 25.4 Å². The van der Waals surface area contributed by atoms with Crippen LogP contribution in [0.2, 0.25) is 0 Å². The van der Waals surface area contributed by atoms with Gasteiger partial charge in [-0.15, -0.1) is 12.4 Å². The third kappa shape index (κ3) is 4.67. The molecular weight excluding hydrogens is 280 g/mol. The van der Waals surface area contributed by atoms with Crippen LogP contribution in [0.5, 0.6) is 5.75 Å². The molecule has 0 radical (unpaired) electrons. The molecule has 3 N–H and O–H groups in total. The van der Waals surface area contributed by atoms with Gasteiger partial charge in [0.2, 0.25) is 5.91 Å². The fourth-order valence-corrected chi connectivity index (χ4v) is 2.16. The maximum Gasteiger partial charge on any atom is 0.237 e. The molecule has 1 aromatic rings. The first-order valence-electron chi connectivity index (χ1n) is 6.64. The fraction of sp³-hybridized carbons (Fsp3) is 0.500. The van der Waals surface area contributed by atoms with Crippen LogP contribution < -0.4 is 15.4 Å². The Hall–Kier alpha value is -1.30. The van der Waals surface area contributed by atoms with E-state index in [-0.39, 0.29) is 37.6 Å². The molecule has 1 atom stereocenters. The molecule has 20 heavy (non-hydrogen) atoms. The smallest absolute Gasteiger partial charge is 0.237 e. The minimum Gasteiger partial charge on any atom is -0.491 e. The standard InChI is InChI=1S/C14H20N2O3.ClH/c17-8-9-19-13-6-2-1-4-11(13)10-16-14(18)12-5-3-7-15-12;/h1-2,4,6,12,15,17H,3,5,7-10H2,(H,16,18);1H. The van der Waals surface area contributed by atoms with Crippen LogP contribution in [0.25, 0.3) is 0 Å². The van der Waals surface area contributed by atoms with Crippen LogP contribution in [0.3, 0.4) is 0 Å². The molecule has 1 heterocycles. The molecule has 1 amide bonds. The number of carbonyl (C=O) groups excluding carboxylic acids is 1. The zero-order valence-corrected chi connectivity index (χ0v) is 12.1. The SMILES string of the molecule is Cl.O=C(NCc1ccccc1OCCO)C1CCCN1. The van der Waals surface area contributed by atoms with Crippen LogP contribution in [0, 0.1) is 0 Å². The number of carbonyl (C=O) groups is 1. The summed E-state index contributed by atoms with van der Waals surface area (Å²) in [6.07, 6.45) is 1.95. The predicted octanol–water partition coefficient (Wildman–Crippen LogP) is 0.848. The number of benzene rings is 1. The molecule has 0 spiro atoms. The van der Waals surface area contributed by atoms with Crippen molar-refractivity contribution in [3.05, 3.63) is 29.8 Å². The lowest BCUT2D eigenvalue weighted by molar-refractivity contribution is -0.122. The van der Waals surface area contributed by atoms with Crippen molar-refractivity contribution < 1.29 is 14.6 Å². The number of halogens is 1. The first-order chi connectivity index (χ1) is 9.31. The molecule has 6 heteroatoms. The van der Waals surface area contributed by atoms with E-state index in [1.807, 2.05) is 24.3 Å². The summed E-state index contributed by atoms with van der Waals surface area (Å²) in [6, 6.07) is 7.46. The van der Waals surface area contributed by atoms with Gasteiger partial charge in [0, 0.05) is 12.1 Å². The van der Waals surface area contributed by atoms with E-state index in [1.54, 1.807) is 0 Å². The number of aliphatic hydroxyl groups excluding tert-OH is 1. The molecule has 1 aliphatic rings. The Morgan fingerprint density at radius 2 is 2.25 bits per heavy atom. The third-order valence-electron chi connectivity index (χ3n) is 3.15. The highest BCUT2D eigenvalue weighted by atomic mass is 35.5. The van der Waals surface area contributed by atoms with Crippen LogP contribution in [0.4, 0.5) is 0 Å². The van der Waals surface area contributed by atoms with Crippen LogP contribution in [-0.4, -0.2) is 36.8 Å². The summed E-state index contributed by atoms with van der Waals surface area (Å²) in [4.78, 5) is 11.9. The van der Waals surface area contributed by atoms with Gasteiger partial charge in [-0.1, -0.05) is 18.2 Å². The summed E-state index contributed by atoms with van der Waals surface area (Å²) in [5.41, 5.74) is 0.919. The Balaban J connectivity index is 0.00000200. The zero-order chi connectivity index (χ0) is 13.5. The van der Waals surface area contributed by atoms with Gasteiger partial charge in [-0.05, 0) is 25.5 Å². The van der Waals surface area contributed by atoms with Gasteiger partial charge in [-0.25, -0.2) is 0 Å². The van der Waals surface area contributed by atoms with Crippen molar-refractivity contribution in [3.8, 4) is 5.75 Å². The Bertz CT molecular complexity index is 423. The monoisotopic (exact) mass is 300 g/mol. The Kier molecular flexibility index (Phi) is 7.36. The predicted molar refractivity (Wildman–Crippen MR) is 79.1 cm³/mol. The van der Waals surface area contributed by atoms with E-state index in [1.165, 1.54) is 0 Å². The van der Waals surface area contributed by atoms with E-state index in [0.29, 0.717) is 12.3 Å². The van der Waals surface area contributed by atoms with Gasteiger partial charge < -0.3 is 20.5 Å². The number of aliphatic hydroxyl groups is 1. The first-order valence-corrected chi connectivity index (χ1v) is 6.64. The molecule has 0 bridgehead atoms. The topological polar surface area (TPSA) is 70.6 Å². The van der Waals surface area contributed by atoms with Gasteiger partial charge in [-0.2, -0.15) is 0 Å². The number of hydrogen-bond acceptors (Lipinski definition) is 4. The quantitative estimate of drug-likeness (QED) is 0.728. The summed E-state index contributed by atoms with van der Waals surface area (Å²) < 4.78 is 5.43. The first kappa shape index (κ1) is 16.8. The molecule has 2 rings (SSSR count). The Labute approximate surface area is 125 Å². The number of amides is 1. The Morgan fingerprint density at radius 3 is 2.95 bits per heavy atom. The molecule has 0 aliphatic carbocycles. The number of rotatable bonds is 6. The highest BCUT2D eigenvalue weighted by Crippen LogP contribution is 2.17. The molecule has 1 aliphatic heterocycles. The van der Waals surface area contributed by atoms with Crippen LogP contribution in [0.15, 0.2) is 24.3 Å². The van der Waals surface area contributed by atoms with Crippen molar-refractivity contribution in [2.75, 3.05) is 19.8 Å². The van der Waals surface area contributed by atoms with E-state index in [2.05, 4.69) is 10.6 Å². The number of nitrogens with one attached hydrogen (secondary N) is 2. The van der Waals surface area contributed by atoms with Gasteiger partial charge in [0.25, 0.3) is 0 Å². The van der Waals surface area contributed by atoms with Crippen molar-refractivity contribution >= 4 is 18.3 Å². The summed E-state index contributed by atoms with van der Waals surface area (Å²) in [5.74, 6) is 0.741. The Morgan fingerprint density at radius 1 is 1.45 bits per heavy atom. The van der Waals surface area contributed by atoms with E-state index >= 15 is 0 Å². The third-order valence-corrected chi connectivity index (χ3v) is 3.15. The molecule has 5 nitrogen and oxygen atoms in total. The average Bonchev–Trinajstić information content (AvgIpc) is 2.97. The van der Waals surface area contributed by atoms with Gasteiger partial charge in [-0.3, -0.25) is 4.79 Å². The lowest BCUT2D eigenvalue weighted by Crippen LogP contribution is -2.40. The lowest BCUT2D eigenvalue weighted by atomic mass is 10.2. The summed E-state index contributed by atoms with van der Waals surface area (Å²) in [5, 5.41) is 14.9. The second-order valence-electron chi connectivity index (χ2n) is 4.55. The molecule has 1 unspecified atom stereocenters. The molecule has 0 saturated carbocycles. The van der Waals surface area contributed by atoms with Gasteiger partial charge in [0.05, 0.1) is 12.6 Å². The maximum atomic E-state index is 11.9. The maximum absolute atomic E-state index is 11.9. The number of ether oxygens (including phenoxy) is 1. The van der Waals surface area contributed by atoms with Crippen LogP contribution in [0.1, 0.15) is 18.4 Å². The second kappa shape index (κ2) is 8.79. The van der Waals surface area contributed by atoms with Gasteiger partial charge in [0.15, 0.2) is 0 Å². The van der Waals surface area contributed by atoms with Crippen LogP contribution >= 0.6 is 12.4 Å². The van der Waals surface area contributed by atoms with Crippen molar-refractivity contribution in [1.82, 2.24) is 10.6 Å². The molecule has 1 aromatic carbocycles. The van der Waals surface area contributed by atoms with E-state index in [0.717, 1.165) is 24.9 Å². The molecular formula is C14H21ClN2O3. The zero-order valence-electron chi connectivity index (χ0n) is 11.3. The van der Waals surface area contributed by atoms with Crippen molar-refractivity contribution in [3.63, 3.8) is 0 Å². The number of hydrogen-bond donors (Lipinski definition) is 3. The highest BCUT2D eigenvalue weighted by Gasteiger charge is 2.21. The largest absolute Gasteiger partial charge is 0.491 e. The van der Waals surface area contributed by atoms with E-state index in [4.69, 9.17) is 9.84 Å². The normalized spacial score (nSPS) is 17.4. The molecule has 1 saturated heterocycles. The van der Waals surface area contributed by atoms with Crippen molar-refractivity contribution in [2.24, 2.45) is 0 Å². The lowest BCUT2D eigenvalue weighted by Gasteiger charge is -2.14. The van der Waals surface area contributed by atoms with E-state index in [9.17, 15) is 4.79 Å². The highest BCUT2D eigenvalue weighted by molar-refractivity contribution is 5.85. The second-order valence-corrected chi connectivity index (χ2v) is 4.55. The summed E-state index contributed by atoms with van der Waals surface area (Å²) in [6.45, 7) is 1.59. The van der Waals surface area contributed by atoms with E-state index < -0.39 is 0 Å². The summed E-state index contributed by atoms with van der Waals surface area (Å²) in [7, 11) is 0.